The molecule has 28 heavy (non-hydrogen) atoms. The predicted octanol–water partition coefficient (Wildman–Crippen LogP) is 3.34. The quantitative estimate of drug-likeness (QED) is 0.707. The summed E-state index contributed by atoms with van der Waals surface area (Å²) in [6, 6.07) is 7.00. The lowest BCUT2D eigenvalue weighted by Gasteiger charge is -2.12. The van der Waals surface area contributed by atoms with Crippen LogP contribution in [0.1, 0.15) is 25.1 Å². The molecule has 2 aromatic rings. The van der Waals surface area contributed by atoms with Crippen molar-refractivity contribution in [1.82, 2.24) is 9.88 Å². The number of carbonyl (C=O) groups is 3. The number of hydrogen-bond acceptors (Lipinski definition) is 7. The number of aryl methyl sites for hydroxylation is 1. The van der Waals surface area contributed by atoms with Crippen LogP contribution in [0.3, 0.4) is 0 Å². The highest BCUT2D eigenvalue weighted by molar-refractivity contribution is 8.18. The molecule has 3 amide bonds. The number of thioether (sulfide) groups is 1. The number of fused-ring (bicyclic) bond motifs is 1. The van der Waals surface area contributed by atoms with Crippen molar-refractivity contribution in [3.63, 3.8) is 0 Å². The molecule has 2 aliphatic rings. The van der Waals surface area contributed by atoms with Gasteiger partial charge in [0.2, 0.25) is 11.0 Å². The third-order valence-electron chi connectivity index (χ3n) is 4.35. The summed E-state index contributed by atoms with van der Waals surface area (Å²) in [5.74, 6) is -1.15. The van der Waals surface area contributed by atoms with Gasteiger partial charge in [-0.3, -0.25) is 19.3 Å². The standard InChI is InChI=1S/C19H16N4O3S2/c1-4-22-17(26)15(28-19(22)21-18-20-10(2)9-27-18)14-12-7-5-6-8-13(12)23(11(3)24)16(14)25/h5-9H,4H2,1-3H3/b15-14-,21-19+. The summed E-state index contributed by atoms with van der Waals surface area (Å²) in [4.78, 5) is 49.9. The molecule has 0 bridgehead atoms. The Balaban J connectivity index is 1.85. The van der Waals surface area contributed by atoms with E-state index in [1.54, 1.807) is 24.3 Å². The Labute approximate surface area is 169 Å². The summed E-state index contributed by atoms with van der Waals surface area (Å²) in [7, 11) is 0. The number of aliphatic imine (C=N–C) groups is 1. The number of likely N-dealkylation sites (N-methyl/N-ethyl adjacent to an activating group) is 1. The van der Waals surface area contributed by atoms with Gasteiger partial charge in [-0.2, -0.15) is 4.99 Å². The maximum Gasteiger partial charge on any atom is 0.267 e. The largest absolute Gasteiger partial charge is 0.287 e. The molecule has 1 fully saturated rings. The average Bonchev–Trinajstić information content (AvgIpc) is 3.28. The number of imide groups is 1. The fourth-order valence-electron chi connectivity index (χ4n) is 3.14. The minimum absolute atomic E-state index is 0.250. The molecular weight excluding hydrogens is 396 g/mol. The van der Waals surface area contributed by atoms with Crippen LogP contribution in [0.15, 0.2) is 39.5 Å². The maximum atomic E-state index is 13.1. The van der Waals surface area contributed by atoms with Crippen molar-refractivity contribution in [1.29, 1.82) is 0 Å². The Kier molecular flexibility index (Phi) is 4.64. The van der Waals surface area contributed by atoms with Gasteiger partial charge in [0.15, 0.2) is 5.17 Å². The van der Waals surface area contributed by atoms with Gasteiger partial charge in [-0.15, -0.1) is 11.3 Å². The monoisotopic (exact) mass is 412 g/mol. The number of carbonyl (C=O) groups excluding carboxylic acids is 3. The topological polar surface area (TPSA) is 82.9 Å². The number of para-hydroxylation sites is 1. The second kappa shape index (κ2) is 6.99. The van der Waals surface area contributed by atoms with Crippen molar-refractivity contribution in [3.8, 4) is 0 Å². The van der Waals surface area contributed by atoms with Crippen molar-refractivity contribution in [2.75, 3.05) is 11.4 Å². The van der Waals surface area contributed by atoms with Gasteiger partial charge in [0, 0.05) is 24.4 Å². The van der Waals surface area contributed by atoms with Crippen LogP contribution in [0.4, 0.5) is 10.8 Å². The first-order valence-corrected chi connectivity index (χ1v) is 10.3. The molecule has 9 heteroatoms. The van der Waals surface area contributed by atoms with Crippen molar-refractivity contribution < 1.29 is 14.4 Å². The van der Waals surface area contributed by atoms with Crippen LogP contribution >= 0.6 is 23.1 Å². The van der Waals surface area contributed by atoms with Crippen LogP contribution < -0.4 is 4.90 Å². The SMILES string of the molecule is CCN1C(=O)/C(=C2/C(=O)N(C(C)=O)c3ccccc32)S/C1=N/c1nc(C)cs1. The molecule has 7 nitrogen and oxygen atoms in total. The summed E-state index contributed by atoms with van der Waals surface area (Å²) >= 11 is 2.54. The third-order valence-corrected chi connectivity index (χ3v) is 6.28. The van der Waals surface area contributed by atoms with Gasteiger partial charge in [0.05, 0.1) is 21.9 Å². The van der Waals surface area contributed by atoms with Gasteiger partial charge >= 0.3 is 0 Å². The van der Waals surface area contributed by atoms with E-state index in [0.717, 1.165) is 22.4 Å². The fraction of sp³-hybridized carbons (Fsp3) is 0.211. The maximum absolute atomic E-state index is 13.1. The van der Waals surface area contributed by atoms with E-state index in [2.05, 4.69) is 9.98 Å². The number of amides is 3. The van der Waals surface area contributed by atoms with Gasteiger partial charge in [0.1, 0.15) is 0 Å². The second-order valence-corrected chi connectivity index (χ2v) is 8.01. The predicted molar refractivity (Wildman–Crippen MR) is 110 cm³/mol. The van der Waals surface area contributed by atoms with Gasteiger partial charge < -0.3 is 0 Å². The first kappa shape index (κ1) is 18.6. The minimum Gasteiger partial charge on any atom is -0.287 e. The molecule has 4 rings (SSSR count). The normalized spacial score (nSPS) is 20.5. The molecule has 142 valence electrons. The molecule has 1 aromatic carbocycles. The second-order valence-electron chi connectivity index (χ2n) is 6.20. The molecule has 0 unspecified atom stereocenters. The zero-order valence-electron chi connectivity index (χ0n) is 15.4. The first-order chi connectivity index (χ1) is 13.4. The molecule has 0 atom stereocenters. The molecule has 1 aromatic heterocycles. The Bertz CT molecular complexity index is 1090. The number of aromatic nitrogens is 1. The van der Waals surface area contributed by atoms with Crippen LogP contribution in [-0.4, -0.2) is 39.3 Å². The molecule has 3 heterocycles. The van der Waals surface area contributed by atoms with Crippen LogP contribution in [-0.2, 0) is 14.4 Å². The molecule has 0 N–H and O–H groups in total. The number of rotatable bonds is 2. The van der Waals surface area contributed by atoms with E-state index in [1.807, 2.05) is 19.2 Å². The fourth-order valence-corrected chi connectivity index (χ4v) is 5.00. The van der Waals surface area contributed by atoms with Gasteiger partial charge in [-0.1, -0.05) is 18.2 Å². The van der Waals surface area contributed by atoms with Crippen LogP contribution in [0.25, 0.3) is 5.57 Å². The van der Waals surface area contributed by atoms with Crippen molar-refractivity contribution in [3.05, 3.63) is 45.8 Å². The Morgan fingerprint density at radius 1 is 1.21 bits per heavy atom. The number of hydrogen-bond donors (Lipinski definition) is 0. The highest BCUT2D eigenvalue weighted by Crippen LogP contribution is 2.44. The lowest BCUT2D eigenvalue weighted by Crippen LogP contribution is -2.32. The molecule has 0 radical (unpaired) electrons. The first-order valence-electron chi connectivity index (χ1n) is 8.61. The van der Waals surface area contributed by atoms with Crippen LogP contribution in [0, 0.1) is 6.92 Å². The summed E-state index contributed by atoms with van der Waals surface area (Å²) in [6.07, 6.45) is 0. The number of nitrogens with zero attached hydrogens (tertiary/aromatic N) is 4. The van der Waals surface area contributed by atoms with E-state index < -0.39 is 5.91 Å². The van der Waals surface area contributed by atoms with Crippen molar-refractivity contribution in [2.24, 2.45) is 4.99 Å². The minimum atomic E-state index is -0.480. The third kappa shape index (κ3) is 2.87. The highest BCUT2D eigenvalue weighted by Gasteiger charge is 2.43. The van der Waals surface area contributed by atoms with Gasteiger partial charge in [-0.25, -0.2) is 9.88 Å². The van der Waals surface area contributed by atoms with E-state index in [-0.39, 0.29) is 22.3 Å². The molecule has 1 saturated heterocycles. The summed E-state index contributed by atoms with van der Waals surface area (Å²) in [5.41, 5.74) is 2.19. The lowest BCUT2D eigenvalue weighted by atomic mass is 10.1. The molecule has 0 aliphatic carbocycles. The number of amidine groups is 1. The van der Waals surface area contributed by atoms with Crippen LogP contribution in [0.2, 0.25) is 0 Å². The molecular formula is C19H16N4O3S2. The summed E-state index contributed by atoms with van der Waals surface area (Å²) in [6.45, 7) is 5.48. The number of anilines is 1. The van der Waals surface area contributed by atoms with E-state index in [4.69, 9.17) is 0 Å². The molecule has 0 saturated carbocycles. The summed E-state index contributed by atoms with van der Waals surface area (Å²) < 4.78 is 0. The lowest BCUT2D eigenvalue weighted by molar-refractivity contribution is -0.124. The molecule has 0 spiro atoms. The Hall–Kier alpha value is -2.78. The Morgan fingerprint density at radius 3 is 2.61 bits per heavy atom. The van der Waals surface area contributed by atoms with E-state index in [0.29, 0.717) is 28.1 Å². The van der Waals surface area contributed by atoms with Crippen molar-refractivity contribution >= 4 is 62.4 Å². The van der Waals surface area contributed by atoms with E-state index >= 15 is 0 Å². The van der Waals surface area contributed by atoms with Crippen LogP contribution in [0.5, 0.6) is 0 Å². The van der Waals surface area contributed by atoms with Gasteiger partial charge in [0.25, 0.3) is 11.8 Å². The molecule has 2 aliphatic heterocycles. The van der Waals surface area contributed by atoms with Crippen molar-refractivity contribution in [2.45, 2.75) is 20.8 Å². The smallest absolute Gasteiger partial charge is 0.267 e. The zero-order chi connectivity index (χ0) is 20.0. The van der Waals surface area contributed by atoms with E-state index in [9.17, 15) is 14.4 Å². The average molecular weight is 412 g/mol. The van der Waals surface area contributed by atoms with Gasteiger partial charge in [-0.05, 0) is 31.7 Å². The highest BCUT2D eigenvalue weighted by atomic mass is 32.2. The van der Waals surface area contributed by atoms with E-state index in [1.165, 1.54) is 23.2 Å². The zero-order valence-corrected chi connectivity index (χ0v) is 17.1. The number of thiazole rings is 1. The number of benzene rings is 1. The Morgan fingerprint density at radius 2 is 1.96 bits per heavy atom. The summed E-state index contributed by atoms with van der Waals surface area (Å²) in [5, 5.41) is 2.93.